The molecule has 1 saturated heterocycles. The lowest BCUT2D eigenvalue weighted by atomic mass is 10.2. The second-order valence-corrected chi connectivity index (χ2v) is 6.00. The number of hydrogen-bond donors (Lipinski definition) is 1. The van der Waals surface area contributed by atoms with Crippen molar-refractivity contribution in [3.8, 4) is 0 Å². The maximum Gasteiger partial charge on any atom is 0.191 e. The van der Waals surface area contributed by atoms with Gasteiger partial charge in [0, 0.05) is 50.2 Å². The molecule has 0 atom stereocenters. The maximum absolute atomic E-state index is 13.0. The molecule has 0 radical (unpaired) electrons. The van der Waals surface area contributed by atoms with Gasteiger partial charge in [-0.05, 0) is 31.2 Å². The number of hydrogen-bond acceptors (Lipinski definition) is 3. The Morgan fingerprint density at radius 1 is 1.21 bits per heavy atom. The number of aliphatic imine (C=N–C) groups is 1. The van der Waals surface area contributed by atoms with Crippen molar-refractivity contribution in [3.05, 3.63) is 47.5 Å². The van der Waals surface area contributed by atoms with E-state index >= 15 is 0 Å². The zero-order chi connectivity index (χ0) is 17.1. The fourth-order valence-electron chi connectivity index (χ4n) is 2.81. The van der Waals surface area contributed by atoms with Crippen molar-refractivity contribution in [2.75, 3.05) is 31.1 Å². The van der Waals surface area contributed by atoms with Crippen molar-refractivity contribution in [1.82, 2.24) is 14.7 Å². The minimum atomic E-state index is -0.209. The van der Waals surface area contributed by atoms with Crippen LogP contribution < -0.4 is 10.6 Å². The summed E-state index contributed by atoms with van der Waals surface area (Å²) in [5.74, 6) is 0.358. The highest BCUT2D eigenvalue weighted by atomic mass is 19.1. The summed E-state index contributed by atoms with van der Waals surface area (Å²) in [6.07, 6.45) is 1.83. The van der Waals surface area contributed by atoms with Gasteiger partial charge in [-0.1, -0.05) is 0 Å². The molecule has 0 spiro atoms. The summed E-state index contributed by atoms with van der Waals surface area (Å²) in [4.78, 5) is 8.82. The zero-order valence-corrected chi connectivity index (χ0v) is 14.1. The minimum Gasteiger partial charge on any atom is -0.370 e. The van der Waals surface area contributed by atoms with E-state index < -0.39 is 0 Å². The Morgan fingerprint density at radius 3 is 2.46 bits per heavy atom. The highest BCUT2D eigenvalue weighted by molar-refractivity contribution is 5.78. The Balaban J connectivity index is 1.56. The van der Waals surface area contributed by atoms with Gasteiger partial charge >= 0.3 is 0 Å². The van der Waals surface area contributed by atoms with E-state index in [0.29, 0.717) is 12.5 Å². The molecule has 6 nitrogen and oxygen atoms in total. The summed E-state index contributed by atoms with van der Waals surface area (Å²) >= 11 is 0. The van der Waals surface area contributed by atoms with Crippen LogP contribution in [0, 0.1) is 12.7 Å². The van der Waals surface area contributed by atoms with Crippen LogP contribution in [-0.4, -0.2) is 46.8 Å². The zero-order valence-electron chi connectivity index (χ0n) is 14.1. The summed E-state index contributed by atoms with van der Waals surface area (Å²) in [5.41, 5.74) is 9.37. The number of nitrogens with two attached hydrogens (primary N) is 1. The molecular formula is C17H23FN6. The highest BCUT2D eigenvalue weighted by Gasteiger charge is 2.18. The smallest absolute Gasteiger partial charge is 0.191 e. The topological polar surface area (TPSA) is 62.7 Å². The molecule has 1 aliphatic heterocycles. The molecular weight excluding hydrogens is 307 g/mol. The number of aryl methyl sites for hydroxylation is 1. The number of aromatic nitrogens is 2. The molecule has 2 aromatic rings. The van der Waals surface area contributed by atoms with Gasteiger partial charge in [0.2, 0.25) is 0 Å². The molecule has 0 amide bonds. The number of piperazine rings is 1. The summed E-state index contributed by atoms with van der Waals surface area (Å²) in [6, 6.07) is 6.61. The first-order valence-electron chi connectivity index (χ1n) is 8.07. The van der Waals surface area contributed by atoms with E-state index in [1.165, 1.54) is 12.1 Å². The molecule has 2 heterocycles. The van der Waals surface area contributed by atoms with Crippen LogP contribution in [0.25, 0.3) is 0 Å². The van der Waals surface area contributed by atoms with E-state index in [1.807, 2.05) is 37.0 Å². The van der Waals surface area contributed by atoms with Gasteiger partial charge in [-0.2, -0.15) is 5.10 Å². The molecule has 7 heteroatoms. The SMILES string of the molecule is Cc1c(CN=C(N)N2CCN(c3ccc(F)cc3)CC2)cnn1C. The van der Waals surface area contributed by atoms with Gasteiger partial charge in [-0.3, -0.25) is 4.68 Å². The van der Waals surface area contributed by atoms with Crippen LogP contribution in [0.2, 0.25) is 0 Å². The molecule has 0 saturated carbocycles. The number of anilines is 1. The predicted octanol–water partition coefficient (Wildman–Crippen LogP) is 1.50. The quantitative estimate of drug-likeness (QED) is 0.684. The van der Waals surface area contributed by atoms with E-state index in [-0.39, 0.29) is 5.82 Å². The second kappa shape index (κ2) is 6.90. The van der Waals surface area contributed by atoms with Crippen LogP contribution in [0.15, 0.2) is 35.5 Å². The number of benzene rings is 1. The van der Waals surface area contributed by atoms with E-state index in [4.69, 9.17) is 5.73 Å². The summed E-state index contributed by atoms with van der Waals surface area (Å²) in [5, 5.41) is 4.22. The van der Waals surface area contributed by atoms with E-state index in [2.05, 4.69) is 19.9 Å². The summed E-state index contributed by atoms with van der Waals surface area (Å²) < 4.78 is 14.8. The first-order chi connectivity index (χ1) is 11.5. The van der Waals surface area contributed by atoms with Crippen molar-refractivity contribution in [3.63, 3.8) is 0 Å². The Morgan fingerprint density at radius 2 is 1.88 bits per heavy atom. The van der Waals surface area contributed by atoms with E-state index in [0.717, 1.165) is 43.1 Å². The minimum absolute atomic E-state index is 0.209. The third-order valence-electron chi connectivity index (χ3n) is 4.54. The van der Waals surface area contributed by atoms with Crippen molar-refractivity contribution in [1.29, 1.82) is 0 Å². The molecule has 24 heavy (non-hydrogen) atoms. The number of guanidine groups is 1. The number of nitrogens with zero attached hydrogens (tertiary/aromatic N) is 5. The van der Waals surface area contributed by atoms with Crippen LogP contribution in [0.4, 0.5) is 10.1 Å². The van der Waals surface area contributed by atoms with Crippen molar-refractivity contribution < 1.29 is 4.39 Å². The molecule has 2 N–H and O–H groups in total. The van der Waals surface area contributed by atoms with E-state index in [9.17, 15) is 4.39 Å². The Kier molecular flexibility index (Phi) is 4.69. The predicted molar refractivity (Wildman–Crippen MR) is 93.5 cm³/mol. The average Bonchev–Trinajstić information content (AvgIpc) is 2.92. The van der Waals surface area contributed by atoms with Crippen molar-refractivity contribution >= 4 is 11.6 Å². The van der Waals surface area contributed by atoms with Crippen LogP contribution >= 0.6 is 0 Å². The molecule has 3 rings (SSSR count). The maximum atomic E-state index is 13.0. The lowest BCUT2D eigenvalue weighted by molar-refractivity contribution is 0.380. The third-order valence-corrected chi connectivity index (χ3v) is 4.54. The molecule has 0 unspecified atom stereocenters. The second-order valence-electron chi connectivity index (χ2n) is 6.00. The van der Waals surface area contributed by atoms with Gasteiger partial charge in [0.05, 0.1) is 12.7 Å². The van der Waals surface area contributed by atoms with Crippen molar-refractivity contribution in [2.45, 2.75) is 13.5 Å². The van der Waals surface area contributed by atoms with Crippen molar-refractivity contribution in [2.24, 2.45) is 17.8 Å². The lowest BCUT2D eigenvalue weighted by Crippen LogP contribution is -2.51. The molecule has 0 bridgehead atoms. The van der Waals surface area contributed by atoms with Crippen LogP contribution in [0.1, 0.15) is 11.3 Å². The Labute approximate surface area is 141 Å². The standard InChI is InChI=1S/C17H23FN6/c1-13-14(12-21-22(13)2)11-20-17(19)24-9-7-23(8-10-24)16-5-3-15(18)4-6-16/h3-6,12H,7-11H2,1-2H3,(H2,19,20). The molecule has 1 fully saturated rings. The summed E-state index contributed by atoms with van der Waals surface area (Å²) in [7, 11) is 1.92. The number of rotatable bonds is 3. The van der Waals surface area contributed by atoms with Gasteiger partial charge in [-0.15, -0.1) is 0 Å². The Bertz CT molecular complexity index is 713. The molecule has 0 aliphatic carbocycles. The van der Waals surface area contributed by atoms with E-state index in [1.54, 1.807) is 0 Å². The first kappa shape index (κ1) is 16.3. The highest BCUT2D eigenvalue weighted by Crippen LogP contribution is 2.17. The molecule has 128 valence electrons. The number of halogens is 1. The first-order valence-corrected chi connectivity index (χ1v) is 8.07. The molecule has 1 aliphatic rings. The fourth-order valence-corrected chi connectivity index (χ4v) is 2.81. The fraction of sp³-hybridized carbons (Fsp3) is 0.412. The molecule has 1 aromatic heterocycles. The lowest BCUT2D eigenvalue weighted by Gasteiger charge is -2.36. The van der Waals surface area contributed by atoms with Gasteiger partial charge < -0.3 is 15.5 Å². The van der Waals surface area contributed by atoms with Crippen LogP contribution in [0.3, 0.4) is 0 Å². The normalized spacial score (nSPS) is 15.9. The largest absolute Gasteiger partial charge is 0.370 e. The Hall–Kier alpha value is -2.57. The van der Waals surface area contributed by atoms with Gasteiger partial charge in [-0.25, -0.2) is 9.38 Å². The molecule has 1 aromatic carbocycles. The van der Waals surface area contributed by atoms with Crippen LogP contribution in [0.5, 0.6) is 0 Å². The van der Waals surface area contributed by atoms with Crippen LogP contribution in [-0.2, 0) is 13.6 Å². The summed E-state index contributed by atoms with van der Waals surface area (Å²) in [6.45, 7) is 5.86. The van der Waals surface area contributed by atoms with Gasteiger partial charge in [0.15, 0.2) is 5.96 Å². The average molecular weight is 330 g/mol. The third kappa shape index (κ3) is 3.50. The van der Waals surface area contributed by atoms with Gasteiger partial charge in [0.1, 0.15) is 5.82 Å². The van der Waals surface area contributed by atoms with Gasteiger partial charge in [0.25, 0.3) is 0 Å². The monoisotopic (exact) mass is 330 g/mol.